The first-order valence-electron chi connectivity index (χ1n) is 12.0. The molecule has 0 unspecified atom stereocenters. The van der Waals surface area contributed by atoms with Gasteiger partial charge in [-0.05, 0) is 106 Å². The van der Waals surface area contributed by atoms with E-state index in [9.17, 15) is 9.59 Å². The second-order valence-electron chi connectivity index (χ2n) is 12.8. The summed E-state index contributed by atoms with van der Waals surface area (Å²) >= 11 is 0. The van der Waals surface area contributed by atoms with Crippen LogP contribution >= 0.6 is 0 Å². The van der Waals surface area contributed by atoms with E-state index in [2.05, 4.69) is 76.9 Å². The summed E-state index contributed by atoms with van der Waals surface area (Å²) in [7, 11) is 0. The van der Waals surface area contributed by atoms with Gasteiger partial charge in [-0.2, -0.15) is 10.9 Å². The molecule has 0 spiro atoms. The van der Waals surface area contributed by atoms with Crippen molar-refractivity contribution < 1.29 is 9.59 Å². The van der Waals surface area contributed by atoms with Crippen LogP contribution in [0.25, 0.3) is 0 Å². The quantitative estimate of drug-likeness (QED) is 0.267. The summed E-state index contributed by atoms with van der Waals surface area (Å²) in [5, 5.41) is 7.48. The van der Waals surface area contributed by atoms with Gasteiger partial charge in [0.1, 0.15) is 0 Å². The zero-order valence-corrected chi connectivity index (χ0v) is 21.5. The van der Waals surface area contributed by atoms with Crippen LogP contribution in [0.5, 0.6) is 0 Å². The molecule has 2 saturated heterocycles. The molecular weight excluding hydrogens is 404 g/mol. The predicted molar refractivity (Wildman–Crippen MR) is 127 cm³/mol. The largest absolute Gasteiger partial charge is 0.307 e. The van der Waals surface area contributed by atoms with E-state index in [4.69, 9.17) is 11.7 Å². The van der Waals surface area contributed by atoms with Gasteiger partial charge in [0.25, 0.3) is 11.8 Å². The average molecular weight is 451 g/mol. The van der Waals surface area contributed by atoms with Crippen molar-refractivity contribution in [3.63, 3.8) is 0 Å². The van der Waals surface area contributed by atoms with E-state index in [0.29, 0.717) is 12.8 Å². The highest BCUT2D eigenvalue weighted by Crippen LogP contribution is 2.55. The van der Waals surface area contributed by atoms with Crippen LogP contribution in [0.4, 0.5) is 0 Å². The van der Waals surface area contributed by atoms with E-state index >= 15 is 0 Å². The second kappa shape index (κ2) is 9.20. The Kier molecular flexibility index (Phi) is 7.77. The summed E-state index contributed by atoms with van der Waals surface area (Å²) in [6, 6.07) is 0. The zero-order valence-electron chi connectivity index (χ0n) is 21.5. The third-order valence-electron chi connectivity index (χ3n) is 7.48. The van der Waals surface area contributed by atoms with E-state index in [-0.39, 0.29) is 52.2 Å². The molecule has 0 aromatic rings. The molecule has 0 bridgehead atoms. The first kappa shape index (κ1) is 27.0. The maximum absolute atomic E-state index is 13.8. The number of carbonyl (C=O) groups excluding carboxylic acids is 2. The Hall–Kier alpha value is -1.22. The summed E-state index contributed by atoms with van der Waals surface area (Å²) in [4.78, 5) is 25.6. The Balaban J connectivity index is 2.58. The molecule has 2 rings (SSSR count). The van der Waals surface area contributed by atoms with Crippen molar-refractivity contribution in [1.29, 1.82) is 0 Å². The molecule has 8 nitrogen and oxygen atoms in total. The van der Waals surface area contributed by atoms with Crippen LogP contribution in [0.1, 0.15) is 100 Å². The molecule has 8 heteroatoms. The van der Waals surface area contributed by atoms with E-state index in [1.165, 1.54) is 0 Å². The molecule has 184 valence electrons. The predicted octanol–water partition coefficient (Wildman–Crippen LogP) is 2.27. The minimum Gasteiger partial charge on any atom is -0.307 e. The Bertz CT molecular complexity index is 631. The molecule has 2 aliphatic rings. The van der Waals surface area contributed by atoms with Crippen LogP contribution in [-0.2, 0) is 9.59 Å². The monoisotopic (exact) mass is 450 g/mol. The normalized spacial score (nSPS) is 25.2. The molecule has 2 aliphatic heterocycles. The number of nitrogens with two attached hydrogens (primary N) is 2. The maximum Gasteiger partial charge on any atom is 0.263 e. The summed E-state index contributed by atoms with van der Waals surface area (Å²) in [6.07, 6.45) is 4.70. The van der Waals surface area contributed by atoms with Gasteiger partial charge in [-0.15, -0.1) is 0 Å². The minimum absolute atomic E-state index is 0.0909. The molecule has 2 amide bonds. The highest BCUT2D eigenvalue weighted by atomic mass is 16.2. The van der Waals surface area contributed by atoms with Gasteiger partial charge in [0.15, 0.2) is 0 Å². The van der Waals surface area contributed by atoms with Gasteiger partial charge in [-0.1, -0.05) is 0 Å². The van der Waals surface area contributed by atoms with Crippen LogP contribution in [0.2, 0.25) is 0 Å². The van der Waals surface area contributed by atoms with E-state index < -0.39 is 5.41 Å². The zero-order chi connectivity index (χ0) is 24.6. The molecule has 32 heavy (non-hydrogen) atoms. The maximum atomic E-state index is 13.8. The van der Waals surface area contributed by atoms with Gasteiger partial charge in [-0.3, -0.25) is 9.59 Å². The van der Waals surface area contributed by atoms with Crippen molar-refractivity contribution in [2.24, 2.45) is 28.9 Å². The van der Waals surface area contributed by atoms with E-state index in [1.807, 2.05) is 0 Å². The van der Waals surface area contributed by atoms with Gasteiger partial charge in [0.05, 0.1) is 5.41 Å². The molecule has 0 aromatic carbocycles. The highest BCUT2D eigenvalue weighted by Gasteiger charge is 2.58. The fourth-order valence-corrected chi connectivity index (χ4v) is 7.29. The summed E-state index contributed by atoms with van der Waals surface area (Å²) in [6.45, 7) is 17.6. The highest BCUT2D eigenvalue weighted by molar-refractivity contribution is 5.83. The minimum atomic E-state index is -0.739. The van der Waals surface area contributed by atoms with Crippen LogP contribution in [0.3, 0.4) is 0 Å². The lowest BCUT2D eigenvalue weighted by Crippen LogP contribution is -2.66. The smallest absolute Gasteiger partial charge is 0.263 e. The average Bonchev–Trinajstić information content (AvgIpc) is 2.59. The number of rotatable bonds is 7. The number of amides is 2. The van der Waals surface area contributed by atoms with E-state index in [1.54, 1.807) is 0 Å². The summed E-state index contributed by atoms with van der Waals surface area (Å²) in [5.74, 6) is 10.5. The van der Waals surface area contributed by atoms with Crippen LogP contribution in [-0.4, -0.2) is 34.0 Å². The SMILES string of the molecule is CC1(C)CC(C(CCCC(=O)[N]N)(C(=O)[N]N)C2CC(C)(C)NC(C)(C)C2)CC(C)(C)N1. The second-order valence-corrected chi connectivity index (χ2v) is 12.8. The fraction of sp³-hybridized carbons (Fsp3) is 0.917. The number of piperidine rings is 2. The lowest BCUT2D eigenvalue weighted by molar-refractivity contribution is -0.148. The summed E-state index contributed by atoms with van der Waals surface area (Å²) < 4.78 is 0. The molecule has 2 radical (unpaired) electrons. The van der Waals surface area contributed by atoms with Crippen molar-refractivity contribution in [3.8, 4) is 0 Å². The Labute approximate surface area is 194 Å². The van der Waals surface area contributed by atoms with Crippen molar-refractivity contribution in [1.82, 2.24) is 21.5 Å². The van der Waals surface area contributed by atoms with Crippen LogP contribution in [0.15, 0.2) is 0 Å². The number of carbonyl (C=O) groups is 2. The molecule has 2 heterocycles. The molecule has 0 aliphatic carbocycles. The molecule has 6 N–H and O–H groups in total. The molecule has 0 atom stereocenters. The Morgan fingerprint density at radius 2 is 1.16 bits per heavy atom. The third-order valence-corrected chi connectivity index (χ3v) is 7.48. The van der Waals surface area contributed by atoms with Crippen molar-refractivity contribution >= 4 is 11.8 Å². The number of hydrogen-bond donors (Lipinski definition) is 4. The topological polar surface area (TPSA) is 138 Å². The third kappa shape index (κ3) is 6.22. The molecule has 2 fully saturated rings. The number of nitrogens with zero attached hydrogens (tertiary/aromatic N) is 2. The first-order valence-corrected chi connectivity index (χ1v) is 12.0. The lowest BCUT2D eigenvalue weighted by atomic mass is 9.52. The Morgan fingerprint density at radius 3 is 1.47 bits per heavy atom. The fourth-order valence-electron chi connectivity index (χ4n) is 7.29. The molecule has 0 saturated carbocycles. The van der Waals surface area contributed by atoms with Gasteiger partial charge < -0.3 is 10.6 Å². The number of hydrogen-bond acceptors (Lipinski definition) is 6. The van der Waals surface area contributed by atoms with Crippen molar-refractivity contribution in [2.75, 3.05) is 0 Å². The number of nitrogens with one attached hydrogen (secondary N) is 2. The van der Waals surface area contributed by atoms with Gasteiger partial charge >= 0.3 is 0 Å². The Morgan fingerprint density at radius 1 is 0.781 bits per heavy atom. The lowest BCUT2D eigenvalue weighted by Gasteiger charge is -2.58. The van der Waals surface area contributed by atoms with Crippen LogP contribution < -0.4 is 33.2 Å². The first-order chi connectivity index (χ1) is 14.5. The van der Waals surface area contributed by atoms with Crippen molar-refractivity contribution in [3.05, 3.63) is 0 Å². The molecule has 0 aromatic heterocycles. The van der Waals surface area contributed by atoms with Gasteiger partial charge in [0, 0.05) is 28.6 Å². The van der Waals surface area contributed by atoms with Crippen molar-refractivity contribution in [2.45, 2.75) is 122 Å². The molecular formula is C24H46N6O2. The van der Waals surface area contributed by atoms with Gasteiger partial charge in [0.2, 0.25) is 0 Å². The standard InChI is InChI=1S/C24H46N6O2/c1-20(2)12-16(13-21(3,4)29-20)24(19(32)28-26,11-9-10-18(31)27-25)17-14-22(5,6)30-23(7,8)15-17/h16-17,29-30H,9-15,25-26H2,1-8H3. The summed E-state index contributed by atoms with van der Waals surface area (Å²) in [5.41, 5.74) is 5.84. The van der Waals surface area contributed by atoms with E-state index in [0.717, 1.165) is 25.7 Å². The van der Waals surface area contributed by atoms with Crippen LogP contribution in [0, 0.1) is 17.3 Å². The van der Waals surface area contributed by atoms with Gasteiger partial charge in [-0.25, -0.2) is 11.7 Å².